The Kier molecular flexibility index (Phi) is 3.73. The highest BCUT2D eigenvalue weighted by Crippen LogP contribution is 2.47. The maximum absolute atomic E-state index is 13.1. The number of hydrogen-bond donors (Lipinski definition) is 1. The Morgan fingerprint density at radius 1 is 0.913 bits per heavy atom. The van der Waals surface area contributed by atoms with E-state index in [1.54, 1.807) is 4.31 Å². The molecule has 4 nitrogen and oxygen atoms in total. The third kappa shape index (κ3) is 2.50. The molecule has 1 N–H and O–H groups in total. The number of nitrogens with one attached hydrogen (secondary N) is 1. The molecule has 1 heterocycles. The number of benzene rings is 1. The molecule has 2 aliphatic carbocycles. The van der Waals surface area contributed by atoms with E-state index in [4.69, 9.17) is 0 Å². The number of para-hydroxylation sites is 1. The van der Waals surface area contributed by atoms with Crippen molar-refractivity contribution >= 4 is 15.9 Å². The molecule has 124 valence electrons. The summed E-state index contributed by atoms with van der Waals surface area (Å²) < 4.78 is 30.8. The number of anilines is 1. The average molecular weight is 332 g/mol. The van der Waals surface area contributed by atoms with Gasteiger partial charge in [-0.1, -0.05) is 37.5 Å². The van der Waals surface area contributed by atoms with Crippen molar-refractivity contribution < 1.29 is 8.42 Å². The Morgan fingerprint density at radius 2 is 1.61 bits per heavy atom. The minimum Gasteiger partial charge on any atom is -0.230 e. The van der Waals surface area contributed by atoms with E-state index in [9.17, 15) is 8.42 Å². The van der Waals surface area contributed by atoms with Gasteiger partial charge in [0.05, 0.1) is 11.2 Å². The first kappa shape index (κ1) is 15.2. The molecule has 1 saturated carbocycles. The van der Waals surface area contributed by atoms with Crippen molar-refractivity contribution in [2.45, 2.75) is 63.3 Å². The normalized spacial score (nSPS) is 26.2. The molecule has 4 rings (SSSR count). The maximum atomic E-state index is 13.1. The fourth-order valence-electron chi connectivity index (χ4n) is 4.55. The second-order valence-electron chi connectivity index (χ2n) is 6.98. The molecule has 5 heteroatoms. The summed E-state index contributed by atoms with van der Waals surface area (Å²) in [5.41, 5.74) is 2.85. The average Bonchev–Trinajstić information content (AvgIpc) is 2.56. The summed E-state index contributed by atoms with van der Waals surface area (Å²) in [6.45, 7) is 0. The Hall–Kier alpha value is -1.33. The SMILES string of the molecule is O=S1(=O)NC2(CCCCC2)C2=C(CCCC2)N1c1ccccc1. The molecule has 1 spiro atoms. The number of fused-ring (bicyclic) bond motifs is 1. The Bertz CT molecular complexity index is 719. The summed E-state index contributed by atoms with van der Waals surface area (Å²) >= 11 is 0. The highest BCUT2D eigenvalue weighted by molar-refractivity contribution is 7.91. The van der Waals surface area contributed by atoms with Crippen LogP contribution in [0.25, 0.3) is 0 Å². The summed E-state index contributed by atoms with van der Waals surface area (Å²) in [4.78, 5) is 0. The number of hydrogen-bond acceptors (Lipinski definition) is 2. The summed E-state index contributed by atoms with van der Waals surface area (Å²) in [5, 5.41) is 0. The van der Waals surface area contributed by atoms with Crippen LogP contribution in [0.15, 0.2) is 41.6 Å². The van der Waals surface area contributed by atoms with Gasteiger partial charge in [-0.05, 0) is 56.2 Å². The number of allylic oxidation sites excluding steroid dienone is 1. The van der Waals surface area contributed by atoms with Gasteiger partial charge in [0.25, 0.3) is 0 Å². The van der Waals surface area contributed by atoms with Gasteiger partial charge in [0.2, 0.25) is 0 Å². The van der Waals surface area contributed by atoms with Gasteiger partial charge >= 0.3 is 10.2 Å². The lowest BCUT2D eigenvalue weighted by molar-refractivity contribution is 0.292. The molecule has 3 aliphatic rings. The Labute approximate surface area is 138 Å². The van der Waals surface area contributed by atoms with E-state index in [0.717, 1.165) is 56.3 Å². The molecule has 1 aliphatic heterocycles. The van der Waals surface area contributed by atoms with Crippen molar-refractivity contribution in [2.24, 2.45) is 0 Å². The van der Waals surface area contributed by atoms with Crippen LogP contribution < -0.4 is 9.03 Å². The van der Waals surface area contributed by atoms with Crippen LogP contribution >= 0.6 is 0 Å². The topological polar surface area (TPSA) is 49.4 Å². The van der Waals surface area contributed by atoms with Crippen LogP contribution in [0.2, 0.25) is 0 Å². The fourth-order valence-corrected chi connectivity index (χ4v) is 6.35. The first-order valence-corrected chi connectivity index (χ1v) is 10.2. The third-order valence-electron chi connectivity index (χ3n) is 5.52. The fraction of sp³-hybridized carbons (Fsp3) is 0.556. The van der Waals surface area contributed by atoms with Gasteiger partial charge in [0.15, 0.2) is 0 Å². The zero-order chi connectivity index (χ0) is 15.9. The van der Waals surface area contributed by atoms with E-state index >= 15 is 0 Å². The molecule has 0 radical (unpaired) electrons. The van der Waals surface area contributed by atoms with Crippen LogP contribution in [0, 0.1) is 0 Å². The van der Waals surface area contributed by atoms with Gasteiger partial charge in [-0.25, -0.2) is 4.31 Å². The molecular weight excluding hydrogens is 308 g/mol. The summed E-state index contributed by atoms with van der Waals surface area (Å²) in [7, 11) is -3.53. The largest absolute Gasteiger partial charge is 0.306 e. The standard InChI is InChI=1S/C18H24N2O2S/c21-23(22)19-18(13-7-2-8-14-18)16-11-5-6-12-17(16)20(23)15-9-3-1-4-10-15/h1,3-4,9-10,19H,2,5-8,11-14H2. The minimum absolute atomic E-state index is 0.307. The first-order valence-electron chi connectivity index (χ1n) is 8.74. The zero-order valence-corrected chi connectivity index (χ0v) is 14.2. The molecule has 1 fully saturated rings. The molecule has 0 amide bonds. The van der Waals surface area contributed by atoms with Crippen molar-refractivity contribution in [3.63, 3.8) is 0 Å². The van der Waals surface area contributed by atoms with E-state index in [1.165, 1.54) is 18.4 Å². The predicted octanol–water partition coefficient (Wildman–Crippen LogP) is 3.87. The van der Waals surface area contributed by atoms with Gasteiger partial charge in [0, 0.05) is 5.70 Å². The molecule has 23 heavy (non-hydrogen) atoms. The van der Waals surface area contributed by atoms with Crippen LogP contribution in [-0.4, -0.2) is 14.0 Å². The maximum Gasteiger partial charge on any atom is 0.306 e. The van der Waals surface area contributed by atoms with Crippen LogP contribution in [-0.2, 0) is 10.2 Å². The number of nitrogens with zero attached hydrogens (tertiary/aromatic N) is 1. The van der Waals surface area contributed by atoms with Gasteiger partial charge in [0.1, 0.15) is 0 Å². The molecule has 0 unspecified atom stereocenters. The molecule has 0 atom stereocenters. The van der Waals surface area contributed by atoms with Crippen molar-refractivity contribution in [3.05, 3.63) is 41.6 Å². The molecule has 1 aromatic carbocycles. The molecule has 0 aromatic heterocycles. The van der Waals surface area contributed by atoms with E-state index in [0.29, 0.717) is 0 Å². The van der Waals surface area contributed by atoms with Crippen LogP contribution in [0.3, 0.4) is 0 Å². The lowest BCUT2D eigenvalue weighted by Crippen LogP contribution is -2.60. The van der Waals surface area contributed by atoms with Crippen LogP contribution in [0.1, 0.15) is 57.8 Å². The highest BCUT2D eigenvalue weighted by atomic mass is 32.2. The summed E-state index contributed by atoms with van der Waals surface area (Å²) in [6.07, 6.45) is 9.50. The summed E-state index contributed by atoms with van der Waals surface area (Å²) in [5.74, 6) is 0. The molecule has 0 saturated heterocycles. The molecule has 1 aromatic rings. The second kappa shape index (κ2) is 5.64. The highest BCUT2D eigenvalue weighted by Gasteiger charge is 2.48. The predicted molar refractivity (Wildman–Crippen MR) is 92.3 cm³/mol. The van der Waals surface area contributed by atoms with Gasteiger partial charge in [-0.2, -0.15) is 13.1 Å². The van der Waals surface area contributed by atoms with Crippen molar-refractivity contribution in [1.82, 2.24) is 4.72 Å². The van der Waals surface area contributed by atoms with E-state index in [2.05, 4.69) is 4.72 Å². The smallest absolute Gasteiger partial charge is 0.230 e. The first-order chi connectivity index (χ1) is 11.1. The van der Waals surface area contributed by atoms with E-state index in [1.807, 2.05) is 30.3 Å². The molecule has 0 bridgehead atoms. The monoisotopic (exact) mass is 332 g/mol. The lowest BCUT2D eigenvalue weighted by Gasteiger charge is -2.49. The Morgan fingerprint density at radius 3 is 2.35 bits per heavy atom. The van der Waals surface area contributed by atoms with Crippen molar-refractivity contribution in [2.75, 3.05) is 4.31 Å². The van der Waals surface area contributed by atoms with E-state index < -0.39 is 10.2 Å². The van der Waals surface area contributed by atoms with Crippen molar-refractivity contribution in [3.8, 4) is 0 Å². The third-order valence-corrected chi connectivity index (χ3v) is 7.08. The molecular formula is C18H24N2O2S. The quantitative estimate of drug-likeness (QED) is 0.848. The van der Waals surface area contributed by atoms with Crippen LogP contribution in [0.4, 0.5) is 5.69 Å². The van der Waals surface area contributed by atoms with Gasteiger partial charge < -0.3 is 0 Å². The number of rotatable bonds is 1. The lowest BCUT2D eigenvalue weighted by atomic mass is 9.72. The Balaban J connectivity index is 1.89. The second-order valence-corrected chi connectivity index (χ2v) is 8.50. The van der Waals surface area contributed by atoms with Crippen molar-refractivity contribution in [1.29, 1.82) is 0 Å². The van der Waals surface area contributed by atoms with E-state index in [-0.39, 0.29) is 5.54 Å². The van der Waals surface area contributed by atoms with Gasteiger partial charge in [-0.3, -0.25) is 0 Å². The zero-order valence-electron chi connectivity index (χ0n) is 13.4. The summed E-state index contributed by atoms with van der Waals surface area (Å²) in [6, 6.07) is 9.50. The van der Waals surface area contributed by atoms with Gasteiger partial charge in [-0.15, -0.1) is 0 Å². The minimum atomic E-state index is -3.53. The van der Waals surface area contributed by atoms with Crippen LogP contribution in [0.5, 0.6) is 0 Å².